The van der Waals surface area contributed by atoms with Gasteiger partial charge in [-0.2, -0.15) is 8.78 Å². The minimum Gasteiger partial charge on any atom is -0.435 e. The van der Waals surface area contributed by atoms with E-state index in [9.17, 15) is 13.6 Å². The van der Waals surface area contributed by atoms with Crippen molar-refractivity contribution in [2.45, 2.75) is 19.2 Å². The summed E-state index contributed by atoms with van der Waals surface area (Å²) in [5.41, 5.74) is 0.837. The minimum absolute atomic E-state index is 0.0531. The van der Waals surface area contributed by atoms with E-state index in [2.05, 4.69) is 10.1 Å². The Labute approximate surface area is 121 Å². The number of morpholine rings is 1. The number of carbonyl (C=O) groups excluding carboxylic acids is 1. The molecule has 0 spiro atoms. The summed E-state index contributed by atoms with van der Waals surface area (Å²) in [6, 6.07) is 5.91. The fraction of sp³-hybridized carbons (Fsp3) is 0.500. The van der Waals surface area contributed by atoms with Gasteiger partial charge in [0.15, 0.2) is 0 Å². The molecule has 1 aromatic carbocycles. The van der Waals surface area contributed by atoms with E-state index >= 15 is 0 Å². The number of benzene rings is 1. The van der Waals surface area contributed by atoms with Gasteiger partial charge in [-0.15, -0.1) is 0 Å². The first-order chi connectivity index (χ1) is 10.1. The van der Waals surface area contributed by atoms with E-state index in [1.165, 1.54) is 12.1 Å². The van der Waals surface area contributed by atoms with E-state index in [0.29, 0.717) is 26.3 Å². The Hall–Kier alpha value is -1.73. The van der Waals surface area contributed by atoms with Crippen LogP contribution in [0.15, 0.2) is 24.3 Å². The van der Waals surface area contributed by atoms with E-state index in [0.717, 1.165) is 5.56 Å². The number of nitrogens with one attached hydrogen (secondary N) is 1. The Kier molecular flexibility index (Phi) is 5.46. The van der Waals surface area contributed by atoms with E-state index in [-0.39, 0.29) is 17.7 Å². The molecule has 1 atom stereocenters. The molecule has 0 aliphatic carbocycles. The Bertz CT molecular complexity index is 462. The zero-order valence-electron chi connectivity index (χ0n) is 11.7. The smallest absolute Gasteiger partial charge is 0.387 e. The maximum atomic E-state index is 12.2. The van der Waals surface area contributed by atoms with Crippen molar-refractivity contribution in [2.24, 2.45) is 0 Å². The van der Waals surface area contributed by atoms with Crippen LogP contribution in [0.2, 0.25) is 0 Å². The lowest BCUT2D eigenvalue weighted by atomic mass is 10.2. The van der Waals surface area contributed by atoms with Gasteiger partial charge in [0.1, 0.15) is 11.8 Å². The molecular formula is C14H18F2N2O3. The summed E-state index contributed by atoms with van der Waals surface area (Å²) in [6.07, 6.45) is 0. The summed E-state index contributed by atoms with van der Waals surface area (Å²) in [4.78, 5) is 13.8. The van der Waals surface area contributed by atoms with Gasteiger partial charge in [0, 0.05) is 20.1 Å². The molecule has 0 saturated carbocycles. The highest BCUT2D eigenvalue weighted by Crippen LogP contribution is 2.16. The molecule has 1 N–H and O–H groups in total. The molecule has 2 rings (SSSR count). The number of halogens is 2. The molecular weight excluding hydrogens is 282 g/mol. The van der Waals surface area contributed by atoms with Gasteiger partial charge in [0.2, 0.25) is 5.91 Å². The second-order valence-corrected chi connectivity index (χ2v) is 4.80. The van der Waals surface area contributed by atoms with Crippen LogP contribution in [0.5, 0.6) is 5.75 Å². The van der Waals surface area contributed by atoms with Crippen LogP contribution in [0.4, 0.5) is 8.78 Å². The van der Waals surface area contributed by atoms with Gasteiger partial charge in [0.05, 0.1) is 13.2 Å². The van der Waals surface area contributed by atoms with Gasteiger partial charge in [-0.25, -0.2) is 0 Å². The number of hydrogen-bond donors (Lipinski definition) is 1. The van der Waals surface area contributed by atoms with Crippen LogP contribution in [0.25, 0.3) is 0 Å². The van der Waals surface area contributed by atoms with Gasteiger partial charge >= 0.3 is 6.61 Å². The Balaban J connectivity index is 1.89. The molecule has 7 heteroatoms. The van der Waals surface area contributed by atoms with E-state index < -0.39 is 6.61 Å². The van der Waals surface area contributed by atoms with Crippen LogP contribution in [0.1, 0.15) is 5.56 Å². The van der Waals surface area contributed by atoms with Gasteiger partial charge in [-0.05, 0) is 17.7 Å². The maximum absolute atomic E-state index is 12.2. The normalized spacial score (nSPS) is 18.6. The first-order valence-corrected chi connectivity index (χ1v) is 6.66. The van der Waals surface area contributed by atoms with Crippen LogP contribution in [0, 0.1) is 0 Å². The highest BCUT2D eigenvalue weighted by molar-refractivity contribution is 5.81. The van der Waals surface area contributed by atoms with Crippen molar-refractivity contribution in [2.75, 3.05) is 26.8 Å². The summed E-state index contributed by atoms with van der Waals surface area (Å²) in [5, 5.41) is 3.10. The number of alkyl halides is 2. The van der Waals surface area contributed by atoms with Crippen LogP contribution in [-0.4, -0.2) is 50.3 Å². The number of nitrogens with zero attached hydrogens (tertiary/aromatic N) is 1. The predicted octanol–water partition coefficient (Wildman–Crippen LogP) is 1.23. The lowest BCUT2D eigenvalue weighted by Gasteiger charge is -2.27. The molecule has 1 aliphatic heterocycles. The molecule has 5 nitrogen and oxygen atoms in total. The molecule has 0 radical (unpaired) electrons. The number of hydrogen-bond acceptors (Lipinski definition) is 4. The van der Waals surface area contributed by atoms with E-state index in [1.54, 1.807) is 24.1 Å². The Morgan fingerprint density at radius 3 is 2.76 bits per heavy atom. The molecule has 0 bridgehead atoms. The Morgan fingerprint density at radius 1 is 1.48 bits per heavy atom. The topological polar surface area (TPSA) is 50.8 Å². The van der Waals surface area contributed by atoms with E-state index in [4.69, 9.17) is 4.74 Å². The molecule has 116 valence electrons. The summed E-state index contributed by atoms with van der Waals surface area (Å²) >= 11 is 0. The third kappa shape index (κ3) is 4.64. The maximum Gasteiger partial charge on any atom is 0.387 e. The summed E-state index contributed by atoms with van der Waals surface area (Å²) in [5.74, 6) is 0.0488. The van der Waals surface area contributed by atoms with Gasteiger partial charge < -0.3 is 19.7 Å². The molecule has 1 saturated heterocycles. The second kappa shape index (κ2) is 7.33. The number of carbonyl (C=O) groups is 1. The van der Waals surface area contributed by atoms with Crippen molar-refractivity contribution in [3.63, 3.8) is 0 Å². The average molecular weight is 300 g/mol. The molecule has 0 aromatic heterocycles. The van der Waals surface area contributed by atoms with Crippen molar-refractivity contribution in [3.05, 3.63) is 29.8 Å². The number of ether oxygens (including phenoxy) is 2. The largest absolute Gasteiger partial charge is 0.435 e. The van der Waals surface area contributed by atoms with Crippen LogP contribution >= 0.6 is 0 Å². The lowest BCUT2D eigenvalue weighted by Crippen LogP contribution is -2.51. The quantitative estimate of drug-likeness (QED) is 0.889. The fourth-order valence-corrected chi connectivity index (χ4v) is 2.12. The van der Waals surface area contributed by atoms with Gasteiger partial charge in [-0.1, -0.05) is 12.1 Å². The summed E-state index contributed by atoms with van der Waals surface area (Å²) < 4.78 is 33.6. The van der Waals surface area contributed by atoms with Crippen molar-refractivity contribution >= 4 is 5.91 Å². The first kappa shape index (κ1) is 15.7. The third-order valence-corrected chi connectivity index (χ3v) is 3.16. The van der Waals surface area contributed by atoms with Crippen molar-refractivity contribution in [1.29, 1.82) is 0 Å². The van der Waals surface area contributed by atoms with Crippen LogP contribution in [0.3, 0.4) is 0 Å². The highest BCUT2D eigenvalue weighted by Gasteiger charge is 2.24. The van der Waals surface area contributed by atoms with Gasteiger partial charge in [-0.3, -0.25) is 4.79 Å². The monoisotopic (exact) mass is 300 g/mol. The predicted molar refractivity (Wildman–Crippen MR) is 72.2 cm³/mol. The number of rotatable bonds is 5. The zero-order chi connectivity index (χ0) is 15.2. The second-order valence-electron chi connectivity index (χ2n) is 4.80. The molecule has 1 unspecified atom stereocenters. The molecule has 1 heterocycles. The summed E-state index contributed by atoms with van der Waals surface area (Å²) in [6.45, 7) is -0.809. The molecule has 1 aliphatic rings. The average Bonchev–Trinajstić information content (AvgIpc) is 2.49. The fourth-order valence-electron chi connectivity index (χ4n) is 2.12. The lowest BCUT2D eigenvalue weighted by molar-refractivity contribution is -0.135. The summed E-state index contributed by atoms with van der Waals surface area (Å²) in [7, 11) is 1.70. The van der Waals surface area contributed by atoms with Crippen molar-refractivity contribution in [1.82, 2.24) is 10.2 Å². The molecule has 1 fully saturated rings. The van der Waals surface area contributed by atoms with Crippen molar-refractivity contribution < 1.29 is 23.0 Å². The molecule has 21 heavy (non-hydrogen) atoms. The highest BCUT2D eigenvalue weighted by atomic mass is 19.3. The zero-order valence-corrected chi connectivity index (χ0v) is 11.7. The third-order valence-electron chi connectivity index (χ3n) is 3.16. The standard InChI is InChI=1S/C14H18F2N2O3/c1-18(13(19)12-9-20-7-6-17-12)8-10-2-4-11(5-3-10)21-14(15)16/h2-5,12,14,17H,6-9H2,1H3. The minimum atomic E-state index is -2.84. The molecule has 1 aromatic rings. The number of amides is 1. The van der Waals surface area contributed by atoms with Crippen LogP contribution in [-0.2, 0) is 16.1 Å². The van der Waals surface area contributed by atoms with Crippen LogP contribution < -0.4 is 10.1 Å². The van der Waals surface area contributed by atoms with E-state index in [1.807, 2.05) is 0 Å². The number of likely N-dealkylation sites (N-methyl/N-ethyl adjacent to an activating group) is 1. The van der Waals surface area contributed by atoms with Crippen molar-refractivity contribution in [3.8, 4) is 5.75 Å². The molecule has 1 amide bonds. The first-order valence-electron chi connectivity index (χ1n) is 6.66. The Morgan fingerprint density at radius 2 is 2.19 bits per heavy atom. The van der Waals surface area contributed by atoms with Gasteiger partial charge in [0.25, 0.3) is 0 Å². The SMILES string of the molecule is CN(Cc1ccc(OC(F)F)cc1)C(=O)C1COCCN1.